The van der Waals surface area contributed by atoms with Gasteiger partial charge in [-0.3, -0.25) is 9.59 Å². The van der Waals surface area contributed by atoms with Crippen molar-refractivity contribution in [3.63, 3.8) is 0 Å². The topological polar surface area (TPSA) is 87.4 Å². The maximum Gasteiger partial charge on any atom is 0.291 e. The molecule has 2 aliphatic rings. The molecule has 1 amide bonds. The normalized spacial score (nSPS) is 15.6. The van der Waals surface area contributed by atoms with Crippen molar-refractivity contribution in [3.05, 3.63) is 93.3 Å². The van der Waals surface area contributed by atoms with Gasteiger partial charge in [0.05, 0.1) is 30.2 Å². The first-order chi connectivity index (χ1) is 19.1. The van der Waals surface area contributed by atoms with Gasteiger partial charge in [-0.1, -0.05) is 37.6 Å². The smallest absolute Gasteiger partial charge is 0.291 e. The van der Waals surface area contributed by atoms with E-state index in [0.717, 1.165) is 24.0 Å². The second-order valence-corrected chi connectivity index (χ2v) is 9.53. The average molecular weight is 528 g/mol. The van der Waals surface area contributed by atoms with Crippen LogP contribution < -0.4 is 24.4 Å². The SMILES string of the molecule is CCCCOc1ccc([C@@H]2c3c(oc4ccccc4c3=O)C(=O)N2Cc2ccc3c(c2)OCO3)cc1OCC. The monoisotopic (exact) mass is 527 g/mol. The highest BCUT2D eigenvalue weighted by molar-refractivity contribution is 5.99. The zero-order chi connectivity index (χ0) is 26.9. The van der Waals surface area contributed by atoms with Crippen molar-refractivity contribution in [1.29, 1.82) is 0 Å². The average Bonchev–Trinajstić information content (AvgIpc) is 3.52. The number of carbonyl (C=O) groups excluding carboxylic acids is 1. The maximum absolute atomic E-state index is 13.8. The molecule has 8 nitrogen and oxygen atoms in total. The predicted octanol–water partition coefficient (Wildman–Crippen LogP) is 5.84. The van der Waals surface area contributed by atoms with Crippen LogP contribution in [-0.2, 0) is 6.54 Å². The van der Waals surface area contributed by atoms with Gasteiger partial charge >= 0.3 is 0 Å². The summed E-state index contributed by atoms with van der Waals surface area (Å²) in [5.74, 6) is 2.20. The summed E-state index contributed by atoms with van der Waals surface area (Å²) in [4.78, 5) is 29.3. The van der Waals surface area contributed by atoms with Crippen LogP contribution in [0.25, 0.3) is 11.0 Å². The number of para-hydroxylation sites is 1. The third-order valence-electron chi connectivity index (χ3n) is 7.00. The lowest BCUT2D eigenvalue weighted by Gasteiger charge is -2.26. The highest BCUT2D eigenvalue weighted by atomic mass is 16.7. The van der Waals surface area contributed by atoms with E-state index in [4.69, 9.17) is 23.4 Å². The van der Waals surface area contributed by atoms with Crippen molar-refractivity contribution < 1.29 is 28.2 Å². The molecular weight excluding hydrogens is 498 g/mol. The number of hydrogen-bond donors (Lipinski definition) is 0. The molecule has 200 valence electrons. The Hall–Kier alpha value is -4.46. The van der Waals surface area contributed by atoms with Gasteiger partial charge in [-0.2, -0.15) is 0 Å². The number of nitrogens with zero attached hydrogens (tertiary/aromatic N) is 1. The number of fused-ring (bicyclic) bond motifs is 3. The van der Waals surface area contributed by atoms with Crippen molar-refractivity contribution in [3.8, 4) is 23.0 Å². The molecule has 0 bridgehead atoms. The van der Waals surface area contributed by atoms with Gasteiger partial charge in [0.25, 0.3) is 5.91 Å². The van der Waals surface area contributed by atoms with Crippen molar-refractivity contribution in [2.24, 2.45) is 0 Å². The fourth-order valence-corrected chi connectivity index (χ4v) is 5.12. The van der Waals surface area contributed by atoms with E-state index in [1.807, 2.05) is 43.3 Å². The lowest BCUT2D eigenvalue weighted by atomic mass is 9.97. The Balaban J connectivity index is 1.47. The van der Waals surface area contributed by atoms with Gasteiger partial charge in [-0.25, -0.2) is 0 Å². The van der Waals surface area contributed by atoms with Gasteiger partial charge in [-0.05, 0) is 60.9 Å². The Labute approximate surface area is 225 Å². The van der Waals surface area contributed by atoms with E-state index in [1.165, 1.54) is 0 Å². The summed E-state index contributed by atoms with van der Waals surface area (Å²) >= 11 is 0. The molecule has 6 rings (SSSR count). The molecule has 0 aliphatic carbocycles. The molecular formula is C31H29NO7. The van der Waals surface area contributed by atoms with Crippen molar-refractivity contribution >= 4 is 16.9 Å². The van der Waals surface area contributed by atoms with Crippen LogP contribution in [0.2, 0.25) is 0 Å². The van der Waals surface area contributed by atoms with Crippen molar-refractivity contribution in [2.45, 2.75) is 39.3 Å². The molecule has 0 N–H and O–H groups in total. The highest BCUT2D eigenvalue weighted by Gasteiger charge is 2.43. The van der Waals surface area contributed by atoms with Crippen LogP contribution >= 0.6 is 0 Å². The minimum absolute atomic E-state index is 0.0608. The lowest BCUT2D eigenvalue weighted by molar-refractivity contribution is 0.0714. The van der Waals surface area contributed by atoms with Gasteiger partial charge in [0.15, 0.2) is 28.4 Å². The fourth-order valence-electron chi connectivity index (χ4n) is 5.12. The van der Waals surface area contributed by atoms with Crippen molar-refractivity contribution in [1.82, 2.24) is 4.90 Å². The van der Waals surface area contributed by atoms with Gasteiger partial charge in [0.1, 0.15) is 5.58 Å². The molecule has 0 saturated heterocycles. The van der Waals surface area contributed by atoms with E-state index >= 15 is 0 Å². The van der Waals surface area contributed by atoms with Crippen LogP contribution in [0.3, 0.4) is 0 Å². The number of hydrogen-bond acceptors (Lipinski definition) is 7. The number of benzene rings is 3. The Kier molecular flexibility index (Phi) is 6.60. The van der Waals surface area contributed by atoms with E-state index in [0.29, 0.717) is 52.7 Å². The number of rotatable bonds is 9. The first-order valence-electron chi connectivity index (χ1n) is 13.2. The lowest BCUT2D eigenvalue weighted by Crippen LogP contribution is -2.29. The number of amides is 1. The highest BCUT2D eigenvalue weighted by Crippen LogP contribution is 2.42. The van der Waals surface area contributed by atoms with Crippen LogP contribution in [0.15, 0.2) is 69.9 Å². The summed E-state index contributed by atoms with van der Waals surface area (Å²) in [6.07, 6.45) is 1.94. The molecule has 0 saturated carbocycles. The van der Waals surface area contributed by atoms with Gasteiger partial charge in [0.2, 0.25) is 12.6 Å². The van der Waals surface area contributed by atoms with E-state index in [-0.39, 0.29) is 30.4 Å². The molecule has 0 fully saturated rings. The largest absolute Gasteiger partial charge is 0.490 e. The van der Waals surface area contributed by atoms with Crippen LogP contribution in [0, 0.1) is 0 Å². The number of unbranched alkanes of at least 4 members (excludes halogenated alkanes) is 1. The molecule has 1 atom stereocenters. The minimum Gasteiger partial charge on any atom is -0.490 e. The third kappa shape index (κ3) is 4.46. The quantitative estimate of drug-likeness (QED) is 0.253. The van der Waals surface area contributed by atoms with Crippen LogP contribution in [0.5, 0.6) is 23.0 Å². The molecule has 2 aliphatic heterocycles. The standard InChI is InChI=1S/C31H29NO7/c1-3-5-14-36-23-13-11-20(16-26(23)35-4-2)28-27-29(33)21-8-6-7-9-22(21)39-30(27)31(34)32(28)17-19-10-12-24-25(15-19)38-18-37-24/h6-13,15-16,28H,3-5,14,17-18H2,1-2H3/t28-/m1/s1. The maximum atomic E-state index is 13.8. The molecule has 3 heterocycles. The second kappa shape index (κ2) is 10.4. The minimum atomic E-state index is -0.678. The summed E-state index contributed by atoms with van der Waals surface area (Å²) in [5.41, 5.74) is 2.05. The summed E-state index contributed by atoms with van der Waals surface area (Å²) in [5, 5.41) is 0.434. The Bertz CT molecular complexity index is 1610. The molecule has 1 aromatic heterocycles. The molecule has 0 spiro atoms. The molecule has 0 radical (unpaired) electrons. The van der Waals surface area contributed by atoms with Crippen LogP contribution in [0.1, 0.15) is 60.0 Å². The van der Waals surface area contributed by atoms with E-state index in [2.05, 4.69) is 6.92 Å². The van der Waals surface area contributed by atoms with E-state index in [9.17, 15) is 9.59 Å². The Morgan fingerprint density at radius 2 is 1.77 bits per heavy atom. The zero-order valence-electron chi connectivity index (χ0n) is 21.9. The second-order valence-electron chi connectivity index (χ2n) is 9.53. The van der Waals surface area contributed by atoms with Gasteiger partial charge in [-0.15, -0.1) is 0 Å². The molecule has 39 heavy (non-hydrogen) atoms. The van der Waals surface area contributed by atoms with Gasteiger partial charge in [0, 0.05) is 6.54 Å². The molecule has 3 aromatic carbocycles. The number of ether oxygens (including phenoxy) is 4. The molecule has 4 aromatic rings. The Morgan fingerprint density at radius 3 is 2.62 bits per heavy atom. The summed E-state index contributed by atoms with van der Waals surface area (Å²) in [6, 6.07) is 17.5. The van der Waals surface area contributed by atoms with Crippen molar-refractivity contribution in [2.75, 3.05) is 20.0 Å². The summed E-state index contributed by atoms with van der Waals surface area (Å²) < 4.78 is 29.0. The summed E-state index contributed by atoms with van der Waals surface area (Å²) in [6.45, 7) is 5.43. The van der Waals surface area contributed by atoms with Crippen LogP contribution in [-0.4, -0.2) is 30.8 Å². The molecule has 8 heteroatoms. The van der Waals surface area contributed by atoms with E-state index < -0.39 is 6.04 Å². The first kappa shape index (κ1) is 24.9. The third-order valence-corrected chi connectivity index (χ3v) is 7.00. The van der Waals surface area contributed by atoms with Gasteiger partial charge < -0.3 is 28.3 Å². The van der Waals surface area contributed by atoms with Crippen LogP contribution in [0.4, 0.5) is 0 Å². The van der Waals surface area contributed by atoms with E-state index in [1.54, 1.807) is 29.2 Å². The Morgan fingerprint density at radius 1 is 0.923 bits per heavy atom. The first-order valence-corrected chi connectivity index (χ1v) is 13.2. The fraction of sp³-hybridized carbons (Fsp3) is 0.290. The number of carbonyl (C=O) groups is 1. The predicted molar refractivity (Wildman–Crippen MR) is 145 cm³/mol. The zero-order valence-corrected chi connectivity index (χ0v) is 21.9. The summed E-state index contributed by atoms with van der Waals surface area (Å²) in [7, 11) is 0. The molecule has 0 unspecified atom stereocenters.